The molecule has 3 amide bonds. The Hall–Kier alpha value is -1.14. The normalized spacial score (nSPS) is 11.4. The largest absolute Gasteiger partial charge is 0.341 e. The Bertz CT molecular complexity index is 279. The van der Waals surface area contributed by atoms with E-state index in [1.165, 1.54) is 7.05 Å². The third kappa shape index (κ3) is 7.24. The summed E-state index contributed by atoms with van der Waals surface area (Å²) in [6, 6.07) is -0.477. The molecule has 0 spiro atoms. The van der Waals surface area contributed by atoms with Gasteiger partial charge in [0.1, 0.15) is 0 Å². The molecule has 0 unspecified atom stereocenters. The molecular weight excluding hydrogens is 232 g/mol. The Morgan fingerprint density at radius 2 is 1.94 bits per heavy atom. The highest BCUT2D eigenvalue weighted by Gasteiger charge is 2.21. The lowest BCUT2D eigenvalue weighted by Crippen LogP contribution is -2.46. The number of imide groups is 1. The van der Waals surface area contributed by atoms with E-state index in [1.807, 2.05) is 4.90 Å². The number of carbonyl (C=O) groups excluding carboxylic acids is 2. The van der Waals surface area contributed by atoms with Gasteiger partial charge in [0.05, 0.1) is 6.54 Å². The Balaban J connectivity index is 4.35. The third-order valence-electron chi connectivity index (χ3n) is 2.59. The SMILES string of the molecule is CCCN(CC(=O)NC(=O)NC)CC(C)(C)CN. The molecule has 0 aliphatic heterocycles. The van der Waals surface area contributed by atoms with Gasteiger partial charge in [-0.05, 0) is 24.9 Å². The van der Waals surface area contributed by atoms with Crippen molar-refractivity contribution in [3.63, 3.8) is 0 Å². The molecule has 0 aromatic heterocycles. The summed E-state index contributed by atoms with van der Waals surface area (Å²) in [5.74, 6) is -0.296. The van der Waals surface area contributed by atoms with E-state index in [-0.39, 0.29) is 17.9 Å². The number of rotatable bonds is 7. The van der Waals surface area contributed by atoms with Gasteiger partial charge in [-0.25, -0.2) is 4.79 Å². The highest BCUT2D eigenvalue weighted by atomic mass is 16.2. The van der Waals surface area contributed by atoms with Crippen LogP contribution in [0.15, 0.2) is 0 Å². The molecule has 0 heterocycles. The van der Waals surface area contributed by atoms with Crippen molar-refractivity contribution in [2.75, 3.05) is 33.2 Å². The van der Waals surface area contributed by atoms with Crippen molar-refractivity contribution in [1.29, 1.82) is 0 Å². The predicted molar refractivity (Wildman–Crippen MR) is 72.2 cm³/mol. The van der Waals surface area contributed by atoms with Gasteiger partial charge < -0.3 is 11.1 Å². The minimum Gasteiger partial charge on any atom is -0.341 e. The van der Waals surface area contributed by atoms with Crippen LogP contribution in [0.4, 0.5) is 4.79 Å². The number of carbonyl (C=O) groups is 2. The summed E-state index contributed by atoms with van der Waals surface area (Å²) in [6.07, 6.45) is 0.952. The van der Waals surface area contributed by atoms with E-state index < -0.39 is 6.03 Å². The van der Waals surface area contributed by atoms with E-state index in [0.29, 0.717) is 6.54 Å². The molecule has 0 atom stereocenters. The summed E-state index contributed by atoms with van der Waals surface area (Å²) >= 11 is 0. The Labute approximate surface area is 109 Å². The Morgan fingerprint density at radius 1 is 1.33 bits per heavy atom. The van der Waals surface area contributed by atoms with Crippen LogP contribution in [0.25, 0.3) is 0 Å². The van der Waals surface area contributed by atoms with Gasteiger partial charge in [0.2, 0.25) is 5.91 Å². The molecule has 6 nitrogen and oxygen atoms in total. The molecule has 0 aromatic carbocycles. The first-order chi connectivity index (χ1) is 8.34. The van der Waals surface area contributed by atoms with E-state index in [2.05, 4.69) is 31.4 Å². The molecule has 18 heavy (non-hydrogen) atoms. The Morgan fingerprint density at radius 3 is 2.39 bits per heavy atom. The van der Waals surface area contributed by atoms with Gasteiger partial charge in [-0.3, -0.25) is 15.0 Å². The van der Waals surface area contributed by atoms with Crippen molar-refractivity contribution in [2.45, 2.75) is 27.2 Å². The summed E-state index contributed by atoms with van der Waals surface area (Å²) in [5, 5.41) is 4.61. The first-order valence-electron chi connectivity index (χ1n) is 6.28. The van der Waals surface area contributed by atoms with Crippen LogP contribution in [0.2, 0.25) is 0 Å². The van der Waals surface area contributed by atoms with Crippen LogP contribution in [-0.2, 0) is 4.79 Å². The summed E-state index contributed by atoms with van der Waals surface area (Å²) in [4.78, 5) is 24.7. The van der Waals surface area contributed by atoms with E-state index in [4.69, 9.17) is 5.73 Å². The van der Waals surface area contributed by atoms with Crippen molar-refractivity contribution in [3.8, 4) is 0 Å². The zero-order valence-corrected chi connectivity index (χ0v) is 11.9. The van der Waals surface area contributed by atoms with Gasteiger partial charge >= 0.3 is 6.03 Å². The minimum atomic E-state index is -0.477. The summed E-state index contributed by atoms with van der Waals surface area (Å²) < 4.78 is 0. The molecule has 0 aliphatic rings. The van der Waals surface area contributed by atoms with Crippen LogP contribution in [0.3, 0.4) is 0 Å². The van der Waals surface area contributed by atoms with E-state index in [9.17, 15) is 9.59 Å². The summed E-state index contributed by atoms with van der Waals surface area (Å²) in [7, 11) is 1.48. The van der Waals surface area contributed by atoms with Gasteiger partial charge in [0.25, 0.3) is 0 Å². The maximum absolute atomic E-state index is 11.6. The number of hydrogen-bond donors (Lipinski definition) is 3. The van der Waals surface area contributed by atoms with Crippen molar-refractivity contribution >= 4 is 11.9 Å². The van der Waals surface area contributed by atoms with E-state index >= 15 is 0 Å². The summed E-state index contributed by atoms with van der Waals surface area (Å²) in [5.41, 5.74) is 5.65. The molecule has 0 radical (unpaired) electrons. The number of nitrogens with two attached hydrogens (primary N) is 1. The van der Waals surface area contributed by atoms with E-state index in [1.54, 1.807) is 0 Å². The maximum atomic E-state index is 11.6. The van der Waals surface area contributed by atoms with Crippen molar-refractivity contribution in [2.24, 2.45) is 11.1 Å². The number of amides is 3. The number of urea groups is 1. The molecule has 4 N–H and O–H groups in total. The fourth-order valence-corrected chi connectivity index (χ4v) is 1.63. The van der Waals surface area contributed by atoms with Crippen LogP contribution < -0.4 is 16.4 Å². The van der Waals surface area contributed by atoms with Crippen LogP contribution in [0, 0.1) is 5.41 Å². The first-order valence-corrected chi connectivity index (χ1v) is 6.28. The average Bonchev–Trinajstić information content (AvgIpc) is 2.28. The zero-order valence-electron chi connectivity index (χ0n) is 11.9. The van der Waals surface area contributed by atoms with Gasteiger partial charge in [-0.2, -0.15) is 0 Å². The topological polar surface area (TPSA) is 87.5 Å². The molecule has 0 saturated carbocycles. The molecule has 0 aromatic rings. The maximum Gasteiger partial charge on any atom is 0.321 e. The van der Waals surface area contributed by atoms with Crippen molar-refractivity contribution < 1.29 is 9.59 Å². The molecule has 106 valence electrons. The van der Waals surface area contributed by atoms with Crippen LogP contribution >= 0.6 is 0 Å². The van der Waals surface area contributed by atoms with Gasteiger partial charge in [0.15, 0.2) is 0 Å². The minimum absolute atomic E-state index is 0.0392. The van der Waals surface area contributed by atoms with Gasteiger partial charge in [0, 0.05) is 13.6 Å². The van der Waals surface area contributed by atoms with Gasteiger partial charge in [-0.15, -0.1) is 0 Å². The smallest absolute Gasteiger partial charge is 0.321 e. The first kappa shape index (κ1) is 16.9. The zero-order chi connectivity index (χ0) is 14.2. The fraction of sp³-hybridized carbons (Fsp3) is 0.833. The molecule has 0 aliphatic carbocycles. The highest BCUT2D eigenvalue weighted by Crippen LogP contribution is 2.14. The van der Waals surface area contributed by atoms with Crippen LogP contribution in [-0.4, -0.2) is 50.1 Å². The summed E-state index contributed by atoms with van der Waals surface area (Å²) in [6.45, 7) is 8.50. The predicted octanol–water partition coefficient (Wildman–Crippen LogP) is 0.139. The van der Waals surface area contributed by atoms with E-state index in [0.717, 1.165) is 19.5 Å². The standard InChI is InChI=1S/C12H26N4O2/c1-5-6-16(9-12(2,3)8-13)7-10(17)15-11(18)14-4/h5-9,13H2,1-4H3,(H2,14,15,17,18). The third-order valence-corrected chi connectivity index (χ3v) is 2.59. The van der Waals surface area contributed by atoms with Crippen LogP contribution in [0.1, 0.15) is 27.2 Å². The van der Waals surface area contributed by atoms with Crippen LogP contribution in [0.5, 0.6) is 0 Å². The number of nitrogens with zero attached hydrogens (tertiary/aromatic N) is 1. The second-order valence-electron chi connectivity index (χ2n) is 5.21. The fourth-order valence-electron chi connectivity index (χ4n) is 1.63. The highest BCUT2D eigenvalue weighted by molar-refractivity contribution is 5.95. The van der Waals surface area contributed by atoms with Crippen molar-refractivity contribution in [3.05, 3.63) is 0 Å². The quantitative estimate of drug-likeness (QED) is 0.606. The molecule has 0 rings (SSSR count). The average molecular weight is 258 g/mol. The Kier molecular flexibility index (Phi) is 7.54. The van der Waals surface area contributed by atoms with Crippen molar-refractivity contribution in [1.82, 2.24) is 15.5 Å². The molecule has 6 heteroatoms. The second kappa shape index (κ2) is 8.05. The molecule has 0 bridgehead atoms. The van der Waals surface area contributed by atoms with Gasteiger partial charge in [-0.1, -0.05) is 20.8 Å². The lowest BCUT2D eigenvalue weighted by atomic mass is 9.93. The lowest BCUT2D eigenvalue weighted by molar-refractivity contribution is -0.121. The molecular formula is C12H26N4O2. The molecule has 0 saturated heterocycles. The monoisotopic (exact) mass is 258 g/mol. The number of nitrogens with one attached hydrogen (secondary N) is 2. The number of hydrogen-bond acceptors (Lipinski definition) is 4. The molecule has 0 fully saturated rings. The lowest BCUT2D eigenvalue weighted by Gasteiger charge is -2.31. The second-order valence-corrected chi connectivity index (χ2v) is 5.21.